The van der Waals surface area contributed by atoms with Crippen molar-refractivity contribution in [2.45, 2.75) is 63.3 Å². The van der Waals surface area contributed by atoms with Crippen LogP contribution in [0.2, 0.25) is 0 Å². The van der Waals surface area contributed by atoms with Crippen molar-refractivity contribution in [1.29, 1.82) is 0 Å². The molecule has 1 aromatic carbocycles. The van der Waals surface area contributed by atoms with Gasteiger partial charge in [-0.05, 0) is 65.6 Å². The van der Waals surface area contributed by atoms with E-state index in [0.717, 1.165) is 31.2 Å². The third kappa shape index (κ3) is 7.24. The topological polar surface area (TPSA) is 139 Å². The van der Waals surface area contributed by atoms with Crippen LogP contribution in [0.3, 0.4) is 0 Å². The molecule has 216 valence electrons. The summed E-state index contributed by atoms with van der Waals surface area (Å²) >= 11 is 2.02. The van der Waals surface area contributed by atoms with Gasteiger partial charge in [0.05, 0.1) is 35.9 Å². The summed E-state index contributed by atoms with van der Waals surface area (Å²) < 4.78 is 17.6. The number of furan rings is 1. The summed E-state index contributed by atoms with van der Waals surface area (Å²) in [7, 11) is 1.45. The number of aliphatic hydroxyl groups is 2. The molecule has 1 saturated carbocycles. The minimum Gasteiger partial charge on any atom is -0.493 e. The van der Waals surface area contributed by atoms with Gasteiger partial charge in [0.2, 0.25) is 11.8 Å². The maximum atomic E-state index is 13.7. The van der Waals surface area contributed by atoms with Gasteiger partial charge >= 0.3 is 0 Å². The Hall–Kier alpha value is -2.90. The molecule has 0 spiro atoms. The van der Waals surface area contributed by atoms with Crippen LogP contribution in [0.15, 0.2) is 46.8 Å². The Kier molecular flexibility index (Phi) is 10.6. The van der Waals surface area contributed by atoms with E-state index in [-0.39, 0.29) is 37.9 Å². The molecule has 2 aliphatic rings. The van der Waals surface area contributed by atoms with Gasteiger partial charge in [-0.1, -0.05) is 12.8 Å². The number of aldehydes is 1. The number of halogens is 1. The molecule has 3 atom stereocenters. The first-order valence-electron chi connectivity index (χ1n) is 13.4. The maximum absolute atomic E-state index is 13.7. The Labute approximate surface area is 246 Å². The molecule has 0 unspecified atom stereocenters. The molecule has 11 heteroatoms. The van der Waals surface area contributed by atoms with E-state index in [9.17, 15) is 24.6 Å². The second kappa shape index (κ2) is 14.1. The summed E-state index contributed by atoms with van der Waals surface area (Å²) in [5.74, 6) is 0.385. The second-order valence-corrected chi connectivity index (χ2v) is 11.3. The van der Waals surface area contributed by atoms with Gasteiger partial charge in [0, 0.05) is 42.6 Å². The van der Waals surface area contributed by atoms with Crippen LogP contribution >= 0.6 is 22.6 Å². The highest BCUT2D eigenvalue weighted by Gasteiger charge is 2.41. The van der Waals surface area contributed by atoms with Crippen molar-refractivity contribution >= 4 is 40.7 Å². The first-order valence-corrected chi connectivity index (χ1v) is 14.5. The fourth-order valence-corrected chi connectivity index (χ4v) is 6.14. The maximum Gasteiger partial charge on any atom is 0.247 e. The van der Waals surface area contributed by atoms with Crippen molar-refractivity contribution in [3.8, 4) is 11.5 Å². The molecule has 1 aromatic heterocycles. The number of carbonyl (C=O) groups excluding carboxylic acids is 3. The molecule has 0 aliphatic heterocycles. The standard InChI is InChI=1S/C29H35IN2O8/c1-38-25-11-20(16-34)10-22(30)28(25)40-24-14-21(29(37)31-7-8-33)13-23(27(24)36)32(15-19-6-9-39-17-19)26(35)12-18-4-2-3-5-18/h6,9-11,14,16-18,23-24,27,33,36H,2-5,7-8,12-13,15H2,1H3,(H,31,37)/t23-,24+,27+/m1/s1. The van der Waals surface area contributed by atoms with Gasteiger partial charge in [0.1, 0.15) is 18.5 Å². The van der Waals surface area contributed by atoms with E-state index in [1.54, 1.807) is 29.4 Å². The largest absolute Gasteiger partial charge is 0.493 e. The molecule has 3 N–H and O–H groups in total. The molecule has 1 fully saturated rings. The normalized spacial score (nSPS) is 21.0. The molecule has 0 radical (unpaired) electrons. The van der Waals surface area contributed by atoms with Crippen molar-refractivity contribution in [1.82, 2.24) is 10.2 Å². The van der Waals surface area contributed by atoms with Gasteiger partial charge in [0.25, 0.3) is 0 Å². The molecule has 0 saturated heterocycles. The molecule has 2 aliphatic carbocycles. The number of hydrogen-bond acceptors (Lipinski definition) is 8. The van der Waals surface area contributed by atoms with Crippen molar-refractivity contribution < 1.29 is 38.5 Å². The molecule has 2 aromatic rings. The number of carbonyl (C=O) groups is 3. The number of rotatable bonds is 12. The van der Waals surface area contributed by atoms with Gasteiger partial charge < -0.3 is 34.3 Å². The highest BCUT2D eigenvalue weighted by atomic mass is 127. The van der Waals surface area contributed by atoms with Crippen LogP contribution in [0.4, 0.5) is 0 Å². The summed E-state index contributed by atoms with van der Waals surface area (Å²) in [5, 5.41) is 23.6. The number of ether oxygens (including phenoxy) is 2. The van der Waals surface area contributed by atoms with E-state index in [0.29, 0.717) is 38.9 Å². The van der Waals surface area contributed by atoms with Crippen molar-refractivity contribution in [3.63, 3.8) is 0 Å². The van der Waals surface area contributed by atoms with E-state index in [2.05, 4.69) is 5.32 Å². The van der Waals surface area contributed by atoms with E-state index >= 15 is 0 Å². The fourth-order valence-electron chi connectivity index (χ4n) is 5.39. The number of benzene rings is 1. The minimum absolute atomic E-state index is 0.0626. The zero-order chi connectivity index (χ0) is 28.6. The Bertz CT molecular complexity index is 1210. The predicted molar refractivity (Wildman–Crippen MR) is 154 cm³/mol. The summed E-state index contributed by atoms with van der Waals surface area (Å²) in [4.78, 5) is 39.8. The molecule has 1 heterocycles. The van der Waals surface area contributed by atoms with Gasteiger partial charge in [0.15, 0.2) is 11.5 Å². The first-order chi connectivity index (χ1) is 19.3. The minimum atomic E-state index is -1.18. The first kappa shape index (κ1) is 30.1. The van der Waals surface area contributed by atoms with Crippen molar-refractivity contribution in [2.75, 3.05) is 20.3 Å². The number of nitrogens with one attached hydrogen (secondary N) is 1. The number of hydrogen-bond donors (Lipinski definition) is 3. The van der Waals surface area contributed by atoms with Crippen LogP contribution in [0.25, 0.3) is 0 Å². The second-order valence-electron chi connectivity index (χ2n) is 10.2. The van der Waals surface area contributed by atoms with Crippen LogP contribution < -0.4 is 14.8 Å². The van der Waals surface area contributed by atoms with E-state index in [4.69, 9.17) is 13.9 Å². The zero-order valence-corrected chi connectivity index (χ0v) is 24.5. The Balaban J connectivity index is 1.69. The van der Waals surface area contributed by atoms with Gasteiger partial charge in [-0.3, -0.25) is 14.4 Å². The third-order valence-corrected chi connectivity index (χ3v) is 8.25. The summed E-state index contributed by atoms with van der Waals surface area (Å²) in [5.41, 5.74) is 1.50. The predicted octanol–water partition coefficient (Wildman–Crippen LogP) is 3.23. The quantitative estimate of drug-likeness (QED) is 0.232. The summed E-state index contributed by atoms with van der Waals surface area (Å²) in [6.45, 7) is 0.0417. The van der Waals surface area contributed by atoms with Gasteiger partial charge in [-0.15, -0.1) is 0 Å². The van der Waals surface area contributed by atoms with E-state index in [1.807, 2.05) is 22.6 Å². The lowest BCUT2D eigenvalue weighted by atomic mass is 9.87. The Morgan fingerprint density at radius 3 is 2.70 bits per heavy atom. The fraction of sp³-hybridized carbons (Fsp3) is 0.483. The van der Waals surface area contributed by atoms with Gasteiger partial charge in [-0.25, -0.2) is 0 Å². The van der Waals surface area contributed by atoms with Crippen LogP contribution in [0.5, 0.6) is 11.5 Å². The average molecular weight is 667 g/mol. The highest BCUT2D eigenvalue weighted by Crippen LogP contribution is 2.37. The number of aliphatic hydroxyl groups excluding tert-OH is 2. The van der Waals surface area contributed by atoms with Crippen molar-refractivity contribution in [3.05, 3.63) is 57.1 Å². The summed E-state index contributed by atoms with van der Waals surface area (Å²) in [6.07, 6.45) is 7.81. The smallest absolute Gasteiger partial charge is 0.247 e. The van der Waals surface area contributed by atoms with Crippen LogP contribution in [0.1, 0.15) is 54.4 Å². The van der Waals surface area contributed by atoms with Crippen LogP contribution in [0, 0.1) is 9.49 Å². The average Bonchev–Trinajstić information content (AvgIpc) is 3.67. The van der Waals surface area contributed by atoms with Gasteiger partial charge in [-0.2, -0.15) is 0 Å². The van der Waals surface area contributed by atoms with Crippen LogP contribution in [-0.4, -0.2) is 71.7 Å². The summed E-state index contributed by atoms with van der Waals surface area (Å²) in [6, 6.07) is 4.16. The number of nitrogens with zero attached hydrogens (tertiary/aromatic N) is 1. The number of methoxy groups -OCH3 is 1. The molecule has 40 heavy (non-hydrogen) atoms. The van der Waals surface area contributed by atoms with Crippen molar-refractivity contribution in [2.24, 2.45) is 5.92 Å². The number of amides is 2. The zero-order valence-electron chi connectivity index (χ0n) is 22.4. The molecule has 10 nitrogen and oxygen atoms in total. The monoisotopic (exact) mass is 666 g/mol. The Morgan fingerprint density at radius 2 is 2.05 bits per heavy atom. The lowest BCUT2D eigenvalue weighted by molar-refractivity contribution is -0.140. The molecule has 4 rings (SSSR count). The van der Waals surface area contributed by atoms with Crippen LogP contribution in [-0.2, 0) is 16.1 Å². The molecule has 0 bridgehead atoms. The molecule has 2 amide bonds. The third-order valence-electron chi connectivity index (χ3n) is 7.45. The molecular weight excluding hydrogens is 631 g/mol. The van der Waals surface area contributed by atoms with E-state index in [1.165, 1.54) is 19.4 Å². The lowest BCUT2D eigenvalue weighted by Crippen LogP contribution is -2.55. The lowest BCUT2D eigenvalue weighted by Gasteiger charge is -2.41. The SMILES string of the molecule is COc1cc(C=O)cc(I)c1O[C@H]1C=C(C(=O)NCCO)C[C@@H](N(Cc2ccoc2)C(=O)CC2CCCC2)[C@@H]1O. The molecular formula is C29H35IN2O8. The Morgan fingerprint density at radius 1 is 1.27 bits per heavy atom. The highest BCUT2D eigenvalue weighted by molar-refractivity contribution is 14.1. The van der Waals surface area contributed by atoms with E-state index < -0.39 is 24.2 Å².